The molecule has 0 amide bonds. The molecule has 0 saturated heterocycles. The van der Waals surface area contributed by atoms with Crippen LogP contribution in [0, 0.1) is 0 Å². The number of ether oxygens (including phenoxy) is 2. The van der Waals surface area contributed by atoms with E-state index in [1.807, 2.05) is 21.1 Å². The zero-order valence-corrected chi connectivity index (χ0v) is 61.3. The highest BCUT2D eigenvalue weighted by molar-refractivity contribution is 7.47. The summed E-state index contributed by atoms with van der Waals surface area (Å²) >= 11 is 0. The van der Waals surface area contributed by atoms with Crippen LogP contribution in [0.2, 0.25) is 0 Å². The van der Waals surface area contributed by atoms with Crippen molar-refractivity contribution in [3.63, 3.8) is 0 Å². The van der Waals surface area contributed by atoms with Crippen molar-refractivity contribution in [2.75, 3.05) is 47.5 Å². The molecule has 0 fully saturated rings. The second-order valence-electron chi connectivity index (χ2n) is 25.2. The lowest BCUT2D eigenvalue weighted by molar-refractivity contribution is -0.870. The van der Waals surface area contributed by atoms with Gasteiger partial charge in [0, 0.05) is 12.8 Å². The van der Waals surface area contributed by atoms with Gasteiger partial charge in [0.2, 0.25) is 0 Å². The van der Waals surface area contributed by atoms with Gasteiger partial charge in [-0.05, 0) is 141 Å². The van der Waals surface area contributed by atoms with Crippen molar-refractivity contribution in [1.29, 1.82) is 0 Å². The van der Waals surface area contributed by atoms with E-state index in [1.165, 1.54) is 89.9 Å². The molecule has 0 rings (SSSR count). The lowest BCUT2D eigenvalue weighted by Gasteiger charge is -2.24. The standard InChI is InChI=1S/C84H136NO8P/c1-6-8-10-12-14-16-18-20-22-24-26-28-30-32-34-36-38-40-42-44-46-48-50-52-54-56-58-60-62-64-66-68-70-72-74-76-83(86)90-80-82(81-92-94(88,89)91-79-78-85(3,4)5)93-84(87)77-75-73-71-69-67-65-63-61-59-57-55-53-51-49-47-45-43-41-39-37-35-33-31-29-27-25-23-21-19-17-15-13-11-9-7-2/h8-11,14-17,20-23,26-29,32-35,38-41,44-47,51,53,57,59,82H,6-7,12-13,18-19,24-25,30-31,36-37,42-43,48-50,52,54-56,58,60-81H2,1-5H3/p+1/b10-8-,11-9-,16-14-,17-15-,22-20-,23-21-,28-26-,29-27-,34-32-,35-33-,40-38-,41-39-,46-44-,47-45-,53-51-,59-57-. The molecule has 0 aliphatic rings. The maximum Gasteiger partial charge on any atom is 0.472 e. The van der Waals surface area contributed by atoms with Gasteiger partial charge in [0.1, 0.15) is 19.8 Å². The summed E-state index contributed by atoms with van der Waals surface area (Å²) in [7, 11) is 1.45. The van der Waals surface area contributed by atoms with E-state index in [1.54, 1.807) is 0 Å². The van der Waals surface area contributed by atoms with E-state index in [2.05, 4.69) is 208 Å². The molecule has 0 aromatic carbocycles. The Morgan fingerprint density at radius 2 is 0.574 bits per heavy atom. The second-order valence-corrected chi connectivity index (χ2v) is 26.7. The van der Waals surface area contributed by atoms with E-state index in [0.717, 1.165) is 148 Å². The first-order valence-corrected chi connectivity index (χ1v) is 38.7. The minimum Gasteiger partial charge on any atom is -0.462 e. The maximum absolute atomic E-state index is 12.9. The van der Waals surface area contributed by atoms with Crippen LogP contribution in [0.25, 0.3) is 0 Å². The number of rotatable bonds is 66. The number of hydrogen-bond donors (Lipinski definition) is 1. The van der Waals surface area contributed by atoms with Crippen LogP contribution in [0.4, 0.5) is 0 Å². The van der Waals surface area contributed by atoms with Crippen LogP contribution < -0.4 is 0 Å². The Labute approximate surface area is 577 Å². The van der Waals surface area contributed by atoms with Crippen LogP contribution in [0.3, 0.4) is 0 Å². The molecule has 0 spiro atoms. The molecule has 0 aliphatic carbocycles. The average Bonchev–Trinajstić information content (AvgIpc) is 1.68. The Balaban J connectivity index is 4.13. The molecule has 10 heteroatoms. The van der Waals surface area contributed by atoms with Crippen molar-refractivity contribution in [3.8, 4) is 0 Å². The number of hydrogen-bond acceptors (Lipinski definition) is 7. The van der Waals surface area contributed by atoms with E-state index in [9.17, 15) is 19.0 Å². The zero-order chi connectivity index (χ0) is 68.3. The minimum absolute atomic E-state index is 0.0195. The molecule has 0 aromatic heterocycles. The van der Waals surface area contributed by atoms with Gasteiger partial charge in [0.05, 0.1) is 27.7 Å². The monoisotopic (exact) mass is 1320 g/mol. The molecular weight excluding hydrogens is 1180 g/mol. The fraction of sp³-hybridized carbons (Fsp3) is 0.595. The largest absolute Gasteiger partial charge is 0.472 e. The van der Waals surface area contributed by atoms with Gasteiger partial charge in [0.15, 0.2) is 6.10 Å². The molecule has 9 nitrogen and oxygen atoms in total. The molecule has 0 saturated carbocycles. The third-order valence-electron chi connectivity index (χ3n) is 15.1. The van der Waals surface area contributed by atoms with Crippen molar-refractivity contribution in [3.05, 3.63) is 194 Å². The van der Waals surface area contributed by atoms with Gasteiger partial charge in [-0.15, -0.1) is 0 Å². The van der Waals surface area contributed by atoms with Crippen LogP contribution >= 0.6 is 7.82 Å². The van der Waals surface area contributed by atoms with Crippen LogP contribution in [-0.2, 0) is 32.7 Å². The molecule has 1 N–H and O–H groups in total. The highest BCUT2D eigenvalue weighted by Gasteiger charge is 2.27. The number of carbonyl (C=O) groups excluding carboxylic acids is 2. The smallest absolute Gasteiger partial charge is 0.462 e. The quantitative estimate of drug-likeness (QED) is 0.0211. The summed E-state index contributed by atoms with van der Waals surface area (Å²) in [6.07, 6.45) is 112. The first-order valence-electron chi connectivity index (χ1n) is 37.2. The van der Waals surface area contributed by atoms with Crippen LogP contribution in [0.1, 0.15) is 271 Å². The van der Waals surface area contributed by atoms with Crippen LogP contribution in [0.5, 0.6) is 0 Å². The van der Waals surface area contributed by atoms with E-state index >= 15 is 0 Å². The molecule has 2 atom stereocenters. The third-order valence-corrected chi connectivity index (χ3v) is 16.1. The summed E-state index contributed by atoms with van der Waals surface area (Å²) in [5.74, 6) is -0.821. The van der Waals surface area contributed by atoms with Crippen molar-refractivity contribution in [2.24, 2.45) is 0 Å². The Morgan fingerprint density at radius 1 is 0.330 bits per heavy atom. The Hall–Kier alpha value is -5.15. The number of likely N-dealkylation sites (N-methyl/N-ethyl adjacent to an activating group) is 1. The number of quaternary nitrogens is 1. The molecule has 530 valence electrons. The normalized spacial score (nSPS) is 14.2. The van der Waals surface area contributed by atoms with Gasteiger partial charge in [0.25, 0.3) is 0 Å². The number of phosphoric ester groups is 1. The molecule has 0 bridgehead atoms. The molecule has 0 radical (unpaired) electrons. The van der Waals surface area contributed by atoms with Gasteiger partial charge >= 0.3 is 19.8 Å². The van der Waals surface area contributed by atoms with Gasteiger partial charge in [-0.2, -0.15) is 0 Å². The predicted octanol–water partition coefficient (Wildman–Crippen LogP) is 24.8. The molecule has 94 heavy (non-hydrogen) atoms. The van der Waals surface area contributed by atoms with Gasteiger partial charge in [-0.25, -0.2) is 4.57 Å². The third kappa shape index (κ3) is 75.9. The summed E-state index contributed by atoms with van der Waals surface area (Å²) in [6.45, 7) is 4.18. The van der Waals surface area contributed by atoms with Crippen LogP contribution in [0.15, 0.2) is 194 Å². The summed E-state index contributed by atoms with van der Waals surface area (Å²) in [6, 6.07) is 0. The zero-order valence-electron chi connectivity index (χ0n) is 60.4. The summed E-state index contributed by atoms with van der Waals surface area (Å²) in [5.41, 5.74) is 0. The Kier molecular flexibility index (Phi) is 68.2. The van der Waals surface area contributed by atoms with Gasteiger partial charge in [-0.1, -0.05) is 311 Å². The van der Waals surface area contributed by atoms with Gasteiger partial charge < -0.3 is 18.9 Å². The van der Waals surface area contributed by atoms with Crippen molar-refractivity contribution in [1.82, 2.24) is 0 Å². The number of nitrogens with zero attached hydrogens (tertiary/aromatic N) is 1. The first-order chi connectivity index (χ1) is 46.0. The fourth-order valence-electron chi connectivity index (χ4n) is 9.52. The van der Waals surface area contributed by atoms with E-state index in [-0.39, 0.29) is 32.0 Å². The maximum atomic E-state index is 12.9. The second kappa shape index (κ2) is 72.1. The van der Waals surface area contributed by atoms with Gasteiger partial charge in [-0.3, -0.25) is 18.6 Å². The van der Waals surface area contributed by atoms with Crippen molar-refractivity contribution >= 4 is 19.8 Å². The fourth-order valence-corrected chi connectivity index (χ4v) is 10.3. The van der Waals surface area contributed by atoms with E-state index < -0.39 is 26.5 Å². The van der Waals surface area contributed by atoms with E-state index in [4.69, 9.17) is 18.5 Å². The van der Waals surface area contributed by atoms with E-state index in [0.29, 0.717) is 17.4 Å². The molecule has 0 aliphatic heterocycles. The highest BCUT2D eigenvalue weighted by Crippen LogP contribution is 2.43. The lowest BCUT2D eigenvalue weighted by atomic mass is 10.0. The molecule has 2 unspecified atom stereocenters. The topological polar surface area (TPSA) is 108 Å². The number of allylic oxidation sites excluding steroid dienone is 32. The molecule has 0 heterocycles. The lowest BCUT2D eigenvalue weighted by Crippen LogP contribution is -2.37. The Morgan fingerprint density at radius 3 is 0.851 bits per heavy atom. The predicted molar refractivity (Wildman–Crippen MR) is 408 cm³/mol. The average molecular weight is 1320 g/mol. The summed E-state index contributed by atoms with van der Waals surface area (Å²) in [4.78, 5) is 35.9. The summed E-state index contributed by atoms with van der Waals surface area (Å²) in [5, 5.41) is 0. The van der Waals surface area contributed by atoms with Crippen LogP contribution in [-0.4, -0.2) is 74.9 Å². The minimum atomic E-state index is -4.41. The Bertz CT molecular complexity index is 2290. The highest BCUT2D eigenvalue weighted by atomic mass is 31.2. The SMILES string of the molecule is CC/C=C\C/C=C\C/C=C\C/C=C\C/C=C\C/C=C\C/C=C\C/C=C\C/C=C\CCCCCCCCCC(=O)OC(COC(=O)CCCCCCCCCCCCCCC/C=C\C/C=C\C/C=C\C/C=C\C/C=C\C/C=C\C/C=C\CC)COP(=O)(O)OCC[N+](C)(C)C. The number of carbonyl (C=O) groups is 2. The molecule has 0 aromatic rings. The number of esters is 2. The molecular formula is C84H137NO8P+. The number of unbranched alkanes of at least 4 members (excludes halogenated alkanes) is 20. The number of phosphoric acid groups is 1. The van der Waals surface area contributed by atoms with Crippen molar-refractivity contribution in [2.45, 2.75) is 277 Å². The first kappa shape index (κ1) is 88.8. The summed E-state index contributed by atoms with van der Waals surface area (Å²) < 4.78 is 34.7. The van der Waals surface area contributed by atoms with Crippen molar-refractivity contribution < 1.29 is 42.1 Å².